The lowest BCUT2D eigenvalue weighted by molar-refractivity contribution is 0.0942. The molecule has 0 spiro atoms. The van der Waals surface area contributed by atoms with Gasteiger partial charge >= 0.3 is 0 Å². The summed E-state index contributed by atoms with van der Waals surface area (Å²) in [5.41, 5.74) is 0.565. The number of hydrogen-bond donors (Lipinski definition) is 1. The molecule has 1 aliphatic heterocycles. The van der Waals surface area contributed by atoms with Gasteiger partial charge in [-0.2, -0.15) is 0 Å². The summed E-state index contributed by atoms with van der Waals surface area (Å²) in [4.78, 5) is 18.3. The van der Waals surface area contributed by atoms with Gasteiger partial charge in [-0.15, -0.1) is 0 Å². The molecule has 1 atom stereocenters. The van der Waals surface area contributed by atoms with Gasteiger partial charge in [0.2, 0.25) is 0 Å². The van der Waals surface area contributed by atoms with Crippen molar-refractivity contribution in [2.75, 3.05) is 26.2 Å². The topological polar surface area (TPSA) is 45.2 Å². The van der Waals surface area contributed by atoms with Crippen molar-refractivity contribution in [1.82, 2.24) is 15.2 Å². The van der Waals surface area contributed by atoms with Crippen molar-refractivity contribution in [2.24, 2.45) is 5.92 Å². The summed E-state index contributed by atoms with van der Waals surface area (Å²) in [5, 5.41) is 3.31. The van der Waals surface area contributed by atoms with Crippen molar-refractivity contribution in [2.45, 2.75) is 26.2 Å². The summed E-state index contributed by atoms with van der Waals surface area (Å²) in [5.74, 6) is 0.370. The molecule has 2 heterocycles. The Morgan fingerprint density at radius 3 is 2.90 bits per heavy atom. The normalized spacial score (nSPS) is 17.7. The SMILES string of the molecule is CC(CNC(=O)c1ccnc(Cl)c1)CN1CCCCC1. The zero-order valence-electron chi connectivity index (χ0n) is 11.9. The molecule has 1 aromatic heterocycles. The van der Waals surface area contributed by atoms with Gasteiger partial charge in [0, 0.05) is 24.8 Å². The maximum atomic E-state index is 12.0. The van der Waals surface area contributed by atoms with Crippen LogP contribution in [0.25, 0.3) is 0 Å². The number of nitrogens with one attached hydrogen (secondary N) is 1. The molecule has 0 saturated carbocycles. The van der Waals surface area contributed by atoms with E-state index in [1.165, 1.54) is 32.4 Å². The van der Waals surface area contributed by atoms with Gasteiger partial charge in [-0.25, -0.2) is 4.98 Å². The minimum atomic E-state index is -0.0835. The Morgan fingerprint density at radius 2 is 2.20 bits per heavy atom. The highest BCUT2D eigenvalue weighted by atomic mass is 35.5. The van der Waals surface area contributed by atoms with E-state index >= 15 is 0 Å². The largest absolute Gasteiger partial charge is 0.352 e. The molecular formula is C15H22ClN3O. The first-order valence-electron chi connectivity index (χ1n) is 7.27. The van der Waals surface area contributed by atoms with Crippen molar-refractivity contribution < 1.29 is 4.79 Å². The number of carbonyl (C=O) groups is 1. The molecule has 2 rings (SSSR count). The van der Waals surface area contributed by atoms with E-state index in [2.05, 4.69) is 22.1 Å². The van der Waals surface area contributed by atoms with E-state index in [-0.39, 0.29) is 5.91 Å². The van der Waals surface area contributed by atoms with Crippen molar-refractivity contribution in [3.8, 4) is 0 Å². The molecule has 1 fully saturated rings. The van der Waals surface area contributed by atoms with E-state index in [9.17, 15) is 4.79 Å². The van der Waals surface area contributed by atoms with Crippen LogP contribution in [0.1, 0.15) is 36.5 Å². The lowest BCUT2D eigenvalue weighted by Crippen LogP contribution is -2.38. The van der Waals surface area contributed by atoms with Crippen LogP contribution in [0.5, 0.6) is 0 Å². The van der Waals surface area contributed by atoms with Crippen molar-refractivity contribution in [3.63, 3.8) is 0 Å². The molecule has 110 valence electrons. The van der Waals surface area contributed by atoms with Crippen molar-refractivity contribution in [1.29, 1.82) is 0 Å². The molecule has 1 unspecified atom stereocenters. The van der Waals surface area contributed by atoms with E-state index in [1.807, 2.05) is 0 Å². The maximum absolute atomic E-state index is 12.0. The molecule has 0 bridgehead atoms. The molecule has 0 radical (unpaired) electrons. The molecular weight excluding hydrogens is 274 g/mol. The summed E-state index contributed by atoms with van der Waals surface area (Å²) in [7, 11) is 0. The highest BCUT2D eigenvalue weighted by molar-refractivity contribution is 6.29. The molecule has 20 heavy (non-hydrogen) atoms. The summed E-state index contributed by atoms with van der Waals surface area (Å²) in [6.45, 7) is 6.30. The number of piperidine rings is 1. The third kappa shape index (κ3) is 4.76. The zero-order valence-corrected chi connectivity index (χ0v) is 12.7. The van der Waals surface area contributed by atoms with Gasteiger partial charge in [-0.05, 0) is 44.0 Å². The fourth-order valence-corrected chi connectivity index (χ4v) is 2.73. The Kier molecular flexibility index (Phi) is 5.80. The Hall–Kier alpha value is -1.13. The first kappa shape index (κ1) is 15.3. The standard InChI is InChI=1S/C15H22ClN3O/c1-12(11-19-7-3-2-4-8-19)10-18-15(20)13-5-6-17-14(16)9-13/h5-6,9,12H,2-4,7-8,10-11H2,1H3,(H,18,20). The predicted octanol–water partition coefficient (Wildman–Crippen LogP) is 2.59. The van der Waals surface area contributed by atoms with Crippen LogP contribution in [0, 0.1) is 5.92 Å². The fourth-order valence-electron chi connectivity index (χ4n) is 2.56. The number of rotatable bonds is 5. The lowest BCUT2D eigenvalue weighted by atomic mass is 10.1. The molecule has 0 aromatic carbocycles. The highest BCUT2D eigenvalue weighted by Crippen LogP contribution is 2.11. The van der Waals surface area contributed by atoms with Gasteiger partial charge in [0.1, 0.15) is 5.15 Å². The van der Waals surface area contributed by atoms with Gasteiger partial charge in [-0.1, -0.05) is 24.9 Å². The zero-order chi connectivity index (χ0) is 14.4. The summed E-state index contributed by atoms with van der Waals surface area (Å²) in [6, 6.07) is 3.27. The number of carbonyl (C=O) groups excluding carboxylic acids is 1. The first-order chi connectivity index (χ1) is 9.65. The number of aromatic nitrogens is 1. The second-order valence-corrected chi connectivity index (χ2v) is 5.93. The predicted molar refractivity (Wildman–Crippen MR) is 81.0 cm³/mol. The second kappa shape index (κ2) is 7.60. The van der Waals surface area contributed by atoms with Gasteiger partial charge in [-0.3, -0.25) is 4.79 Å². The Morgan fingerprint density at radius 1 is 1.45 bits per heavy atom. The first-order valence-corrected chi connectivity index (χ1v) is 7.65. The van der Waals surface area contributed by atoms with Crippen LogP contribution in [0.15, 0.2) is 18.3 Å². The minimum Gasteiger partial charge on any atom is -0.352 e. The smallest absolute Gasteiger partial charge is 0.251 e. The van der Waals surface area contributed by atoms with Crippen LogP contribution in [0.2, 0.25) is 5.15 Å². The number of halogens is 1. The molecule has 5 heteroatoms. The van der Waals surface area contributed by atoms with Gasteiger partial charge < -0.3 is 10.2 Å². The Labute approximate surface area is 125 Å². The average Bonchev–Trinajstić information content (AvgIpc) is 2.46. The molecule has 1 saturated heterocycles. The number of hydrogen-bond acceptors (Lipinski definition) is 3. The van der Waals surface area contributed by atoms with Gasteiger partial charge in [0.05, 0.1) is 0 Å². The van der Waals surface area contributed by atoms with E-state index in [0.717, 1.165) is 6.54 Å². The summed E-state index contributed by atoms with van der Waals surface area (Å²) in [6.07, 6.45) is 5.50. The van der Waals surface area contributed by atoms with E-state index in [1.54, 1.807) is 18.3 Å². The van der Waals surface area contributed by atoms with Gasteiger partial charge in [0.15, 0.2) is 0 Å². The lowest BCUT2D eigenvalue weighted by Gasteiger charge is -2.29. The van der Waals surface area contributed by atoms with E-state index < -0.39 is 0 Å². The molecule has 1 amide bonds. The number of likely N-dealkylation sites (tertiary alicyclic amines) is 1. The van der Waals surface area contributed by atoms with Crippen molar-refractivity contribution in [3.05, 3.63) is 29.0 Å². The van der Waals surface area contributed by atoms with Crippen LogP contribution >= 0.6 is 11.6 Å². The van der Waals surface area contributed by atoms with E-state index in [0.29, 0.717) is 23.2 Å². The Bertz CT molecular complexity index is 446. The third-order valence-corrected chi connectivity index (χ3v) is 3.83. The summed E-state index contributed by atoms with van der Waals surface area (Å²) >= 11 is 5.78. The van der Waals surface area contributed by atoms with Crippen molar-refractivity contribution >= 4 is 17.5 Å². The monoisotopic (exact) mass is 295 g/mol. The number of pyridine rings is 1. The quantitative estimate of drug-likeness (QED) is 0.849. The van der Waals surface area contributed by atoms with Crippen LogP contribution in [-0.2, 0) is 0 Å². The third-order valence-electron chi connectivity index (χ3n) is 3.62. The van der Waals surface area contributed by atoms with Gasteiger partial charge in [0.25, 0.3) is 5.91 Å². The van der Waals surface area contributed by atoms with Crippen LogP contribution in [-0.4, -0.2) is 42.0 Å². The average molecular weight is 296 g/mol. The van der Waals surface area contributed by atoms with Crippen LogP contribution in [0.3, 0.4) is 0 Å². The summed E-state index contributed by atoms with van der Waals surface area (Å²) < 4.78 is 0. The fraction of sp³-hybridized carbons (Fsp3) is 0.600. The second-order valence-electron chi connectivity index (χ2n) is 5.54. The molecule has 4 nitrogen and oxygen atoms in total. The van der Waals surface area contributed by atoms with Crippen LogP contribution < -0.4 is 5.32 Å². The minimum absolute atomic E-state index is 0.0835. The van der Waals surface area contributed by atoms with Crippen LogP contribution in [0.4, 0.5) is 0 Å². The molecule has 1 aromatic rings. The number of amides is 1. The molecule has 0 aliphatic carbocycles. The van der Waals surface area contributed by atoms with E-state index in [4.69, 9.17) is 11.6 Å². The molecule has 1 aliphatic rings. The Balaban J connectivity index is 1.75. The maximum Gasteiger partial charge on any atom is 0.251 e. The number of nitrogens with zero attached hydrogens (tertiary/aromatic N) is 2. The highest BCUT2D eigenvalue weighted by Gasteiger charge is 2.14. The molecule has 1 N–H and O–H groups in total.